The summed E-state index contributed by atoms with van der Waals surface area (Å²) in [5, 5.41) is 3.35. The standard InChI is InChI=1S/C32H40ClN3O4S/c1-7-30(32(38)34-19-22(2)3)35(20-26-10-8-9-23(4)17-26)31(37)21-36(28-14-11-24(5)25(6)18-28)41(39,40)29-15-12-27(33)13-16-29/h8-18,22,30H,7,19-21H2,1-6H3,(H,34,38)/t30-/m0/s1. The summed E-state index contributed by atoms with van der Waals surface area (Å²) in [6, 6.07) is 18.1. The number of halogens is 1. The fourth-order valence-electron chi connectivity index (χ4n) is 4.49. The number of carbonyl (C=O) groups excluding carboxylic acids is 2. The van der Waals surface area contributed by atoms with Crippen molar-refractivity contribution in [3.8, 4) is 0 Å². The number of rotatable bonds is 12. The van der Waals surface area contributed by atoms with Crippen LogP contribution in [0.3, 0.4) is 0 Å². The first-order valence-corrected chi connectivity index (χ1v) is 15.6. The minimum Gasteiger partial charge on any atom is -0.354 e. The molecule has 1 atom stereocenters. The van der Waals surface area contributed by atoms with Crippen molar-refractivity contribution in [3.63, 3.8) is 0 Å². The maximum atomic E-state index is 14.2. The van der Waals surface area contributed by atoms with Crippen molar-refractivity contribution in [1.29, 1.82) is 0 Å². The van der Waals surface area contributed by atoms with Gasteiger partial charge in [-0.05, 0) is 86.2 Å². The van der Waals surface area contributed by atoms with E-state index in [1.807, 2.05) is 71.9 Å². The average Bonchev–Trinajstić information content (AvgIpc) is 2.92. The van der Waals surface area contributed by atoms with Crippen molar-refractivity contribution >= 4 is 39.1 Å². The van der Waals surface area contributed by atoms with E-state index in [9.17, 15) is 18.0 Å². The second-order valence-corrected chi connectivity index (χ2v) is 13.1. The van der Waals surface area contributed by atoms with Crippen LogP contribution in [-0.2, 0) is 26.2 Å². The van der Waals surface area contributed by atoms with Gasteiger partial charge in [0.1, 0.15) is 12.6 Å². The van der Waals surface area contributed by atoms with E-state index in [1.54, 1.807) is 12.1 Å². The van der Waals surface area contributed by atoms with Crippen LogP contribution < -0.4 is 9.62 Å². The first-order valence-electron chi connectivity index (χ1n) is 13.8. The van der Waals surface area contributed by atoms with E-state index in [2.05, 4.69) is 5.32 Å². The van der Waals surface area contributed by atoms with Gasteiger partial charge in [0, 0.05) is 18.1 Å². The lowest BCUT2D eigenvalue weighted by molar-refractivity contribution is -0.140. The van der Waals surface area contributed by atoms with Crippen molar-refractivity contribution in [3.05, 3.63) is 94.0 Å². The second kappa shape index (κ2) is 14.0. The minimum atomic E-state index is -4.16. The third kappa shape index (κ3) is 8.33. The molecule has 1 N–H and O–H groups in total. The third-order valence-corrected chi connectivity index (χ3v) is 9.00. The fraction of sp³-hybridized carbons (Fsp3) is 0.375. The number of hydrogen-bond donors (Lipinski definition) is 1. The first kappa shape index (κ1) is 32.2. The molecular weight excluding hydrogens is 558 g/mol. The van der Waals surface area contributed by atoms with Crippen molar-refractivity contribution in [1.82, 2.24) is 10.2 Å². The number of nitrogens with zero attached hydrogens (tertiary/aromatic N) is 2. The molecule has 2 amide bonds. The van der Waals surface area contributed by atoms with Crippen LogP contribution in [0.1, 0.15) is 49.4 Å². The van der Waals surface area contributed by atoms with Crippen LogP contribution in [0.2, 0.25) is 5.02 Å². The van der Waals surface area contributed by atoms with Gasteiger partial charge in [-0.1, -0.05) is 68.3 Å². The molecule has 0 fully saturated rings. The van der Waals surface area contributed by atoms with Gasteiger partial charge in [0.2, 0.25) is 11.8 Å². The predicted octanol–water partition coefficient (Wildman–Crippen LogP) is 6.04. The smallest absolute Gasteiger partial charge is 0.264 e. The zero-order chi connectivity index (χ0) is 30.3. The quantitative estimate of drug-likeness (QED) is 0.276. The van der Waals surface area contributed by atoms with E-state index in [4.69, 9.17) is 11.6 Å². The summed E-state index contributed by atoms with van der Waals surface area (Å²) >= 11 is 6.03. The molecule has 0 unspecified atom stereocenters. The summed E-state index contributed by atoms with van der Waals surface area (Å²) < 4.78 is 29.1. The summed E-state index contributed by atoms with van der Waals surface area (Å²) in [5.41, 5.74) is 4.13. The zero-order valence-electron chi connectivity index (χ0n) is 24.6. The van der Waals surface area contributed by atoms with Gasteiger partial charge in [0.05, 0.1) is 10.6 Å². The van der Waals surface area contributed by atoms with Crippen molar-refractivity contribution in [2.75, 3.05) is 17.4 Å². The Morgan fingerprint density at radius 3 is 2.20 bits per heavy atom. The number of sulfonamides is 1. The number of amides is 2. The van der Waals surface area contributed by atoms with Gasteiger partial charge >= 0.3 is 0 Å². The molecule has 41 heavy (non-hydrogen) atoms. The first-order chi connectivity index (χ1) is 19.3. The van der Waals surface area contributed by atoms with Crippen LogP contribution in [0.25, 0.3) is 0 Å². The SMILES string of the molecule is CC[C@@H](C(=O)NCC(C)C)N(Cc1cccc(C)c1)C(=O)CN(c1ccc(C)c(C)c1)S(=O)(=O)c1ccc(Cl)cc1. The molecule has 0 heterocycles. The highest BCUT2D eigenvalue weighted by Crippen LogP contribution is 2.27. The van der Waals surface area contributed by atoms with E-state index >= 15 is 0 Å². The number of anilines is 1. The lowest BCUT2D eigenvalue weighted by Crippen LogP contribution is -2.52. The molecule has 220 valence electrons. The Morgan fingerprint density at radius 1 is 0.927 bits per heavy atom. The van der Waals surface area contributed by atoms with Crippen LogP contribution in [0.15, 0.2) is 71.6 Å². The number of aryl methyl sites for hydroxylation is 3. The molecule has 0 bridgehead atoms. The van der Waals surface area contributed by atoms with Gasteiger partial charge in [-0.3, -0.25) is 13.9 Å². The Hall–Kier alpha value is -3.36. The van der Waals surface area contributed by atoms with Crippen LogP contribution >= 0.6 is 11.6 Å². The molecule has 3 aromatic rings. The summed E-state index contributed by atoms with van der Waals surface area (Å²) in [6.07, 6.45) is 0.370. The fourth-order valence-corrected chi connectivity index (χ4v) is 6.02. The van der Waals surface area contributed by atoms with Crippen molar-refractivity contribution in [2.24, 2.45) is 5.92 Å². The third-order valence-electron chi connectivity index (χ3n) is 6.96. The Balaban J connectivity index is 2.07. The molecule has 0 saturated heterocycles. The van der Waals surface area contributed by atoms with E-state index in [1.165, 1.54) is 29.2 Å². The molecule has 0 saturated carbocycles. The minimum absolute atomic E-state index is 0.0138. The maximum absolute atomic E-state index is 14.2. The monoisotopic (exact) mass is 597 g/mol. The second-order valence-electron chi connectivity index (χ2n) is 10.8. The number of hydrogen-bond acceptors (Lipinski definition) is 4. The van der Waals surface area contributed by atoms with Gasteiger partial charge in [-0.15, -0.1) is 0 Å². The van der Waals surface area contributed by atoms with Crippen molar-refractivity contribution in [2.45, 2.75) is 65.4 Å². The van der Waals surface area contributed by atoms with Crippen LogP contribution in [0, 0.1) is 26.7 Å². The Labute approximate surface area is 249 Å². The highest BCUT2D eigenvalue weighted by atomic mass is 35.5. The van der Waals surface area contributed by atoms with E-state index in [0.717, 1.165) is 26.6 Å². The van der Waals surface area contributed by atoms with Gasteiger partial charge in [0.25, 0.3) is 10.0 Å². The maximum Gasteiger partial charge on any atom is 0.264 e. The van der Waals surface area contributed by atoms with Gasteiger partial charge in [-0.25, -0.2) is 8.42 Å². The molecule has 9 heteroatoms. The molecule has 3 aromatic carbocycles. The Bertz CT molecular complexity index is 1470. The number of benzene rings is 3. The van der Waals surface area contributed by atoms with Gasteiger partial charge < -0.3 is 10.2 Å². The normalized spacial score (nSPS) is 12.2. The number of nitrogens with one attached hydrogen (secondary N) is 1. The molecular formula is C32H40ClN3O4S. The molecule has 0 aliphatic carbocycles. The van der Waals surface area contributed by atoms with E-state index in [0.29, 0.717) is 23.7 Å². The summed E-state index contributed by atoms with van der Waals surface area (Å²) in [4.78, 5) is 29.0. The molecule has 0 aromatic heterocycles. The van der Waals surface area contributed by atoms with Gasteiger partial charge in [0.15, 0.2) is 0 Å². The van der Waals surface area contributed by atoms with Crippen LogP contribution in [-0.4, -0.2) is 44.3 Å². The molecule has 0 radical (unpaired) electrons. The van der Waals surface area contributed by atoms with Crippen LogP contribution in [0.5, 0.6) is 0 Å². The van der Waals surface area contributed by atoms with E-state index in [-0.39, 0.29) is 23.3 Å². The highest BCUT2D eigenvalue weighted by Gasteiger charge is 2.33. The molecule has 7 nitrogen and oxygen atoms in total. The van der Waals surface area contributed by atoms with Gasteiger partial charge in [-0.2, -0.15) is 0 Å². The molecule has 3 rings (SSSR count). The summed E-state index contributed by atoms with van der Waals surface area (Å²) in [5.74, 6) is -0.503. The van der Waals surface area contributed by atoms with Crippen LogP contribution in [0.4, 0.5) is 5.69 Å². The number of carbonyl (C=O) groups is 2. The lowest BCUT2D eigenvalue weighted by Gasteiger charge is -2.33. The Morgan fingerprint density at radius 2 is 1.61 bits per heavy atom. The average molecular weight is 598 g/mol. The summed E-state index contributed by atoms with van der Waals surface area (Å²) in [7, 11) is -4.16. The topological polar surface area (TPSA) is 86.8 Å². The lowest BCUT2D eigenvalue weighted by atomic mass is 10.1. The largest absolute Gasteiger partial charge is 0.354 e. The zero-order valence-corrected chi connectivity index (χ0v) is 26.2. The summed E-state index contributed by atoms with van der Waals surface area (Å²) in [6.45, 7) is 11.8. The predicted molar refractivity (Wildman–Crippen MR) is 166 cm³/mol. The molecule has 0 spiro atoms. The van der Waals surface area contributed by atoms with E-state index < -0.39 is 28.5 Å². The highest BCUT2D eigenvalue weighted by molar-refractivity contribution is 7.92. The van der Waals surface area contributed by atoms with Crippen molar-refractivity contribution < 1.29 is 18.0 Å². The Kier molecular flexibility index (Phi) is 11.0. The molecule has 0 aliphatic rings. The molecule has 0 aliphatic heterocycles.